The molecule has 8 nitrogen and oxygen atoms in total. The lowest BCUT2D eigenvalue weighted by atomic mass is 9.82. The van der Waals surface area contributed by atoms with E-state index in [1.54, 1.807) is 62.8 Å². The van der Waals surface area contributed by atoms with Gasteiger partial charge in [-0.2, -0.15) is 0 Å². The molecule has 3 aromatic carbocycles. The van der Waals surface area contributed by atoms with Gasteiger partial charge in [0, 0.05) is 5.56 Å². The SMILES string of the molecule is COc1ccc(C2(c3ccc(OC)cc3)NC(=O)N(Cc3coc(-c4ccc(C)cc4C)n3)C2=O)cc1. The number of oxazole rings is 1. The Morgan fingerprint density at radius 2 is 1.49 bits per heavy atom. The second-order valence-electron chi connectivity index (χ2n) is 8.99. The third kappa shape index (κ3) is 4.20. The van der Waals surface area contributed by atoms with Crippen molar-refractivity contribution in [2.75, 3.05) is 14.2 Å². The molecule has 4 aromatic rings. The minimum absolute atomic E-state index is 0.0346. The number of nitrogens with one attached hydrogen (secondary N) is 1. The lowest BCUT2D eigenvalue weighted by molar-refractivity contribution is -0.130. The number of ether oxygens (including phenoxy) is 2. The normalized spacial score (nSPS) is 14.5. The summed E-state index contributed by atoms with van der Waals surface area (Å²) < 4.78 is 16.3. The summed E-state index contributed by atoms with van der Waals surface area (Å²) in [5.74, 6) is 1.31. The molecule has 1 N–H and O–H groups in total. The van der Waals surface area contributed by atoms with E-state index in [2.05, 4.69) is 16.4 Å². The van der Waals surface area contributed by atoms with Gasteiger partial charge in [0.1, 0.15) is 17.8 Å². The lowest BCUT2D eigenvalue weighted by Gasteiger charge is -2.28. The van der Waals surface area contributed by atoms with Gasteiger partial charge in [-0.1, -0.05) is 42.0 Å². The van der Waals surface area contributed by atoms with Gasteiger partial charge in [0.2, 0.25) is 5.89 Å². The Bertz CT molecular complexity index is 1410. The molecule has 0 aliphatic carbocycles. The average Bonchev–Trinajstić information content (AvgIpc) is 3.47. The van der Waals surface area contributed by atoms with Crippen molar-refractivity contribution in [2.24, 2.45) is 0 Å². The Morgan fingerprint density at radius 1 is 0.892 bits per heavy atom. The number of benzene rings is 3. The van der Waals surface area contributed by atoms with Crippen LogP contribution in [0.1, 0.15) is 27.9 Å². The molecule has 5 rings (SSSR count). The number of aryl methyl sites for hydroxylation is 2. The van der Waals surface area contributed by atoms with Crippen LogP contribution in [0.4, 0.5) is 4.79 Å². The summed E-state index contributed by atoms with van der Waals surface area (Å²) in [6, 6.07) is 19.6. The first-order valence-electron chi connectivity index (χ1n) is 11.8. The van der Waals surface area contributed by atoms with Crippen molar-refractivity contribution >= 4 is 11.9 Å². The van der Waals surface area contributed by atoms with Crippen molar-refractivity contribution in [3.8, 4) is 23.0 Å². The topological polar surface area (TPSA) is 93.9 Å². The van der Waals surface area contributed by atoms with Crippen LogP contribution in [-0.4, -0.2) is 36.0 Å². The Balaban J connectivity index is 1.50. The Hall–Kier alpha value is -4.59. The van der Waals surface area contributed by atoms with Crippen molar-refractivity contribution in [1.82, 2.24) is 15.2 Å². The van der Waals surface area contributed by atoms with E-state index >= 15 is 0 Å². The van der Waals surface area contributed by atoms with Crippen LogP contribution in [0.15, 0.2) is 77.4 Å². The molecule has 0 unspecified atom stereocenters. The number of hydrogen-bond donors (Lipinski definition) is 1. The van der Waals surface area contributed by atoms with E-state index in [1.807, 2.05) is 26.0 Å². The first-order valence-corrected chi connectivity index (χ1v) is 11.8. The molecule has 0 saturated carbocycles. The van der Waals surface area contributed by atoms with Gasteiger partial charge < -0.3 is 19.2 Å². The van der Waals surface area contributed by atoms with Crippen molar-refractivity contribution < 1.29 is 23.5 Å². The molecule has 0 bridgehead atoms. The molecular weight excluding hydrogens is 470 g/mol. The minimum Gasteiger partial charge on any atom is -0.497 e. The van der Waals surface area contributed by atoms with Gasteiger partial charge in [-0.15, -0.1) is 0 Å². The predicted molar refractivity (Wildman–Crippen MR) is 137 cm³/mol. The molecule has 3 amide bonds. The number of amides is 3. The fourth-order valence-electron chi connectivity index (χ4n) is 4.68. The zero-order valence-corrected chi connectivity index (χ0v) is 21.1. The summed E-state index contributed by atoms with van der Waals surface area (Å²) in [5.41, 5.74) is 3.29. The fraction of sp³-hybridized carbons (Fsp3) is 0.207. The fourth-order valence-corrected chi connectivity index (χ4v) is 4.68. The van der Waals surface area contributed by atoms with E-state index in [-0.39, 0.29) is 6.54 Å². The molecule has 1 saturated heterocycles. The summed E-state index contributed by atoms with van der Waals surface area (Å²) in [4.78, 5) is 33.0. The Kier molecular flexibility index (Phi) is 6.17. The van der Waals surface area contributed by atoms with Crippen molar-refractivity contribution in [3.05, 3.63) is 101 Å². The summed E-state index contributed by atoms with van der Waals surface area (Å²) in [6.45, 7) is 3.97. The monoisotopic (exact) mass is 497 g/mol. The number of hydrogen-bond acceptors (Lipinski definition) is 6. The van der Waals surface area contributed by atoms with Crippen LogP contribution in [0.2, 0.25) is 0 Å². The van der Waals surface area contributed by atoms with Crippen LogP contribution in [0.3, 0.4) is 0 Å². The van der Waals surface area contributed by atoms with Gasteiger partial charge in [0.05, 0.1) is 26.5 Å². The molecule has 1 fully saturated rings. The summed E-state index contributed by atoms with van der Waals surface area (Å²) in [7, 11) is 3.14. The molecule has 2 heterocycles. The van der Waals surface area contributed by atoms with Gasteiger partial charge in [0.25, 0.3) is 5.91 Å². The maximum atomic E-state index is 14.0. The van der Waals surface area contributed by atoms with E-state index in [0.717, 1.165) is 21.6 Å². The van der Waals surface area contributed by atoms with E-state index in [1.165, 1.54) is 6.26 Å². The van der Waals surface area contributed by atoms with E-state index < -0.39 is 17.5 Å². The molecule has 1 aliphatic heterocycles. The summed E-state index contributed by atoms with van der Waals surface area (Å²) in [6.07, 6.45) is 1.48. The van der Waals surface area contributed by atoms with Crippen LogP contribution in [0, 0.1) is 13.8 Å². The standard InChI is InChI=1S/C29H27N3O5/c1-18-5-14-25(19(2)15-18)26-30-22(17-37-26)16-32-27(33)29(31-28(32)34,20-6-10-23(35-3)11-7-20)21-8-12-24(36-4)13-9-21/h5-15,17H,16H2,1-4H3,(H,31,34). The first kappa shape index (κ1) is 24.1. The van der Waals surface area contributed by atoms with Crippen LogP contribution >= 0.6 is 0 Å². The molecule has 8 heteroatoms. The molecular formula is C29H27N3O5. The number of carbonyl (C=O) groups is 2. The van der Waals surface area contributed by atoms with Gasteiger partial charge >= 0.3 is 6.03 Å². The number of nitrogens with zero attached hydrogens (tertiary/aromatic N) is 2. The maximum Gasteiger partial charge on any atom is 0.325 e. The number of rotatable bonds is 7. The quantitative estimate of drug-likeness (QED) is 0.362. The molecule has 188 valence electrons. The van der Waals surface area contributed by atoms with Crippen LogP contribution < -0.4 is 14.8 Å². The number of aromatic nitrogens is 1. The Morgan fingerprint density at radius 3 is 2.03 bits per heavy atom. The van der Waals surface area contributed by atoms with Gasteiger partial charge in [-0.25, -0.2) is 9.78 Å². The number of carbonyl (C=O) groups excluding carboxylic acids is 2. The second-order valence-corrected chi connectivity index (χ2v) is 8.99. The highest BCUT2D eigenvalue weighted by Gasteiger charge is 2.53. The van der Waals surface area contributed by atoms with Crippen molar-refractivity contribution in [1.29, 1.82) is 0 Å². The third-order valence-corrected chi connectivity index (χ3v) is 6.64. The number of methoxy groups -OCH3 is 2. The van der Waals surface area contributed by atoms with Crippen LogP contribution in [-0.2, 0) is 16.9 Å². The summed E-state index contributed by atoms with van der Waals surface area (Å²) >= 11 is 0. The lowest BCUT2D eigenvalue weighted by Crippen LogP contribution is -2.45. The molecule has 0 spiro atoms. The zero-order chi connectivity index (χ0) is 26.2. The predicted octanol–water partition coefficient (Wildman–Crippen LogP) is 4.97. The van der Waals surface area contributed by atoms with Crippen LogP contribution in [0.5, 0.6) is 11.5 Å². The number of urea groups is 1. The van der Waals surface area contributed by atoms with E-state index in [9.17, 15) is 9.59 Å². The largest absolute Gasteiger partial charge is 0.497 e. The highest BCUT2D eigenvalue weighted by Crippen LogP contribution is 2.38. The highest BCUT2D eigenvalue weighted by molar-refractivity contribution is 6.09. The van der Waals surface area contributed by atoms with Gasteiger partial charge in [0.15, 0.2) is 5.54 Å². The van der Waals surface area contributed by atoms with E-state index in [0.29, 0.717) is 34.2 Å². The minimum atomic E-state index is -1.42. The molecule has 37 heavy (non-hydrogen) atoms. The summed E-state index contributed by atoms with van der Waals surface area (Å²) in [5, 5.41) is 2.95. The van der Waals surface area contributed by atoms with Gasteiger partial charge in [-0.05, 0) is 60.9 Å². The van der Waals surface area contributed by atoms with Crippen molar-refractivity contribution in [2.45, 2.75) is 25.9 Å². The average molecular weight is 498 g/mol. The van der Waals surface area contributed by atoms with Crippen molar-refractivity contribution in [3.63, 3.8) is 0 Å². The Labute approximate surface area is 214 Å². The molecule has 0 radical (unpaired) electrons. The highest BCUT2D eigenvalue weighted by atomic mass is 16.5. The third-order valence-electron chi connectivity index (χ3n) is 6.64. The smallest absolute Gasteiger partial charge is 0.325 e. The number of imide groups is 1. The van der Waals surface area contributed by atoms with Crippen LogP contribution in [0.25, 0.3) is 11.5 Å². The second kappa shape index (κ2) is 9.46. The first-order chi connectivity index (χ1) is 17.8. The van der Waals surface area contributed by atoms with Gasteiger partial charge in [-0.3, -0.25) is 9.69 Å². The molecule has 1 aliphatic rings. The maximum absolute atomic E-state index is 14.0. The zero-order valence-electron chi connectivity index (χ0n) is 21.1. The molecule has 1 aromatic heterocycles. The van der Waals surface area contributed by atoms with E-state index in [4.69, 9.17) is 13.9 Å². The molecule has 0 atom stereocenters.